The fourth-order valence-corrected chi connectivity index (χ4v) is 6.77. The Morgan fingerprint density at radius 3 is 1.92 bits per heavy atom. The number of nitrogens with zero attached hydrogens (tertiary/aromatic N) is 3. The summed E-state index contributed by atoms with van der Waals surface area (Å²) in [6, 6.07) is 17.5. The third-order valence-electron chi connectivity index (χ3n) is 7.17. The van der Waals surface area contributed by atoms with Gasteiger partial charge in [0.1, 0.15) is 11.6 Å². The number of rotatable bonds is 5. The molecule has 0 N–H and O–H groups in total. The zero-order valence-corrected chi connectivity index (χ0v) is 21.6. The first-order valence-corrected chi connectivity index (χ1v) is 14.1. The van der Waals surface area contributed by atoms with Crippen LogP contribution in [0.2, 0.25) is 0 Å². The molecule has 0 radical (unpaired) electrons. The summed E-state index contributed by atoms with van der Waals surface area (Å²) in [4.78, 5) is 17.4. The van der Waals surface area contributed by atoms with Crippen molar-refractivity contribution in [3.05, 3.63) is 101 Å². The first-order chi connectivity index (χ1) is 17.6. The Morgan fingerprint density at radius 2 is 1.41 bits per heavy atom. The van der Waals surface area contributed by atoms with Crippen LogP contribution in [0.3, 0.4) is 0 Å². The minimum Gasteiger partial charge on any atom is -0.336 e. The standard InChI is InChI=1S/C28H29F2N3O3S/c1-19-17-23-18-22(7-12-26(23)33(19)37(2,35)36)28(34)32-15-13-31(14-16-32)27(20-3-8-24(29)9-4-20)21-5-10-25(30)11-6-21/h3-12,18-19,27H,13-17H2,1-2H3/t19-/m1/s1. The molecule has 0 saturated carbocycles. The number of hydrogen-bond donors (Lipinski definition) is 0. The molecule has 194 valence electrons. The Labute approximate surface area is 216 Å². The van der Waals surface area contributed by atoms with Crippen LogP contribution in [0, 0.1) is 11.6 Å². The van der Waals surface area contributed by atoms with E-state index in [1.807, 2.05) is 13.0 Å². The molecule has 1 amide bonds. The number of amides is 1. The molecule has 1 fully saturated rings. The molecule has 3 aromatic carbocycles. The van der Waals surface area contributed by atoms with E-state index in [1.165, 1.54) is 34.8 Å². The van der Waals surface area contributed by atoms with Gasteiger partial charge in [-0.05, 0) is 72.5 Å². The van der Waals surface area contributed by atoms with Crippen molar-refractivity contribution in [1.82, 2.24) is 9.80 Å². The van der Waals surface area contributed by atoms with Gasteiger partial charge in [-0.15, -0.1) is 0 Å². The third-order valence-corrected chi connectivity index (χ3v) is 8.45. The maximum absolute atomic E-state index is 13.6. The van der Waals surface area contributed by atoms with Gasteiger partial charge in [0.15, 0.2) is 0 Å². The summed E-state index contributed by atoms with van der Waals surface area (Å²) >= 11 is 0. The Hall–Kier alpha value is -3.30. The van der Waals surface area contributed by atoms with E-state index in [2.05, 4.69) is 4.90 Å². The van der Waals surface area contributed by atoms with Gasteiger partial charge >= 0.3 is 0 Å². The predicted molar refractivity (Wildman–Crippen MR) is 139 cm³/mol. The lowest BCUT2D eigenvalue weighted by molar-refractivity contribution is 0.0597. The van der Waals surface area contributed by atoms with Crippen LogP contribution in [0.4, 0.5) is 14.5 Å². The van der Waals surface area contributed by atoms with Crippen molar-refractivity contribution in [3.63, 3.8) is 0 Å². The molecule has 2 heterocycles. The van der Waals surface area contributed by atoms with Gasteiger partial charge in [0, 0.05) is 37.8 Å². The zero-order chi connectivity index (χ0) is 26.3. The molecule has 0 unspecified atom stereocenters. The highest BCUT2D eigenvalue weighted by Gasteiger charge is 2.34. The van der Waals surface area contributed by atoms with Gasteiger partial charge in [-0.2, -0.15) is 0 Å². The molecule has 0 aromatic heterocycles. The van der Waals surface area contributed by atoms with Crippen LogP contribution < -0.4 is 4.31 Å². The second kappa shape index (κ2) is 9.87. The van der Waals surface area contributed by atoms with Crippen molar-refractivity contribution >= 4 is 21.6 Å². The van der Waals surface area contributed by atoms with Gasteiger partial charge in [-0.3, -0.25) is 14.0 Å². The van der Waals surface area contributed by atoms with E-state index < -0.39 is 10.0 Å². The van der Waals surface area contributed by atoms with Gasteiger partial charge < -0.3 is 4.90 Å². The third kappa shape index (κ3) is 5.10. The number of halogens is 2. The molecule has 0 aliphatic carbocycles. The van der Waals surface area contributed by atoms with E-state index in [0.29, 0.717) is 43.9 Å². The molecule has 2 aliphatic heterocycles. The lowest BCUT2D eigenvalue weighted by atomic mass is 9.96. The summed E-state index contributed by atoms with van der Waals surface area (Å²) in [5.74, 6) is -0.728. The first-order valence-electron chi connectivity index (χ1n) is 12.3. The number of benzene rings is 3. The fraction of sp³-hybridized carbons (Fsp3) is 0.321. The van der Waals surface area contributed by atoms with Crippen molar-refractivity contribution in [2.75, 3.05) is 36.7 Å². The van der Waals surface area contributed by atoms with Gasteiger partial charge in [-0.25, -0.2) is 17.2 Å². The van der Waals surface area contributed by atoms with E-state index in [0.717, 1.165) is 16.7 Å². The monoisotopic (exact) mass is 525 g/mol. The van der Waals surface area contributed by atoms with E-state index in [4.69, 9.17) is 0 Å². The molecule has 5 rings (SSSR count). The van der Waals surface area contributed by atoms with Crippen LogP contribution in [0.25, 0.3) is 0 Å². The van der Waals surface area contributed by atoms with Gasteiger partial charge in [0.2, 0.25) is 10.0 Å². The molecular weight excluding hydrogens is 496 g/mol. The van der Waals surface area contributed by atoms with Crippen molar-refractivity contribution in [1.29, 1.82) is 0 Å². The van der Waals surface area contributed by atoms with Crippen LogP contribution in [0.15, 0.2) is 66.7 Å². The second-order valence-corrected chi connectivity index (χ2v) is 11.6. The molecule has 9 heteroatoms. The summed E-state index contributed by atoms with van der Waals surface area (Å²) in [5.41, 5.74) is 3.84. The highest BCUT2D eigenvalue weighted by molar-refractivity contribution is 7.92. The molecule has 1 saturated heterocycles. The highest BCUT2D eigenvalue weighted by Crippen LogP contribution is 2.35. The van der Waals surface area contributed by atoms with Crippen LogP contribution in [-0.2, 0) is 16.4 Å². The van der Waals surface area contributed by atoms with Crippen LogP contribution in [0.5, 0.6) is 0 Å². The summed E-state index contributed by atoms with van der Waals surface area (Å²) in [6.45, 7) is 4.05. The Morgan fingerprint density at radius 1 is 0.865 bits per heavy atom. The van der Waals surface area contributed by atoms with Crippen molar-refractivity contribution < 1.29 is 22.0 Å². The van der Waals surface area contributed by atoms with Crippen molar-refractivity contribution in [2.24, 2.45) is 0 Å². The van der Waals surface area contributed by atoms with Crippen LogP contribution in [-0.4, -0.2) is 62.6 Å². The number of carbonyl (C=O) groups excluding carboxylic acids is 1. The molecule has 1 atom stereocenters. The zero-order valence-electron chi connectivity index (χ0n) is 20.8. The molecule has 3 aromatic rings. The van der Waals surface area contributed by atoms with E-state index in [9.17, 15) is 22.0 Å². The van der Waals surface area contributed by atoms with Crippen molar-refractivity contribution in [2.45, 2.75) is 25.4 Å². The summed E-state index contributed by atoms with van der Waals surface area (Å²) in [6.07, 6.45) is 1.76. The van der Waals surface area contributed by atoms with E-state index in [-0.39, 0.29) is 29.6 Å². The smallest absolute Gasteiger partial charge is 0.253 e. The SMILES string of the molecule is C[C@@H]1Cc2cc(C(=O)N3CCN(C(c4ccc(F)cc4)c4ccc(F)cc4)CC3)ccc2N1S(C)(=O)=O. The summed E-state index contributed by atoms with van der Waals surface area (Å²) in [5, 5.41) is 0. The predicted octanol–water partition coefficient (Wildman–Crippen LogP) is 4.22. The topological polar surface area (TPSA) is 60.9 Å². The summed E-state index contributed by atoms with van der Waals surface area (Å²) < 4.78 is 53.0. The van der Waals surface area contributed by atoms with Gasteiger partial charge in [-0.1, -0.05) is 24.3 Å². The average Bonchev–Trinajstić information content (AvgIpc) is 3.22. The molecule has 0 spiro atoms. The molecule has 6 nitrogen and oxygen atoms in total. The lowest BCUT2D eigenvalue weighted by Gasteiger charge is -2.40. The number of piperazine rings is 1. The van der Waals surface area contributed by atoms with E-state index in [1.54, 1.807) is 41.3 Å². The number of hydrogen-bond acceptors (Lipinski definition) is 4. The first kappa shape index (κ1) is 25.4. The van der Waals surface area contributed by atoms with E-state index >= 15 is 0 Å². The summed E-state index contributed by atoms with van der Waals surface area (Å²) in [7, 11) is -3.39. The van der Waals surface area contributed by atoms with Crippen molar-refractivity contribution in [3.8, 4) is 0 Å². The quantitative estimate of drug-likeness (QED) is 0.501. The molecular formula is C28H29F2N3O3S. The minimum atomic E-state index is -3.39. The Balaban J connectivity index is 1.33. The van der Waals surface area contributed by atoms with Crippen LogP contribution >= 0.6 is 0 Å². The fourth-order valence-electron chi connectivity index (χ4n) is 5.51. The minimum absolute atomic E-state index is 0.0898. The Kier molecular flexibility index (Phi) is 6.76. The normalized spacial score (nSPS) is 18.4. The lowest BCUT2D eigenvalue weighted by Crippen LogP contribution is -2.49. The van der Waals surface area contributed by atoms with Gasteiger partial charge in [0.05, 0.1) is 18.0 Å². The second-order valence-electron chi connectivity index (χ2n) is 9.79. The van der Waals surface area contributed by atoms with Gasteiger partial charge in [0.25, 0.3) is 5.91 Å². The molecule has 0 bridgehead atoms. The van der Waals surface area contributed by atoms with Crippen LogP contribution in [0.1, 0.15) is 40.0 Å². The Bertz CT molecular complexity index is 1360. The maximum atomic E-state index is 13.6. The number of sulfonamides is 1. The molecule has 37 heavy (non-hydrogen) atoms. The number of fused-ring (bicyclic) bond motifs is 1. The largest absolute Gasteiger partial charge is 0.336 e. The number of carbonyl (C=O) groups is 1. The average molecular weight is 526 g/mol. The maximum Gasteiger partial charge on any atom is 0.253 e. The number of anilines is 1. The molecule has 2 aliphatic rings. The highest BCUT2D eigenvalue weighted by atomic mass is 32.2.